The molecule has 4 heterocycles. The number of anilines is 1. The normalized spacial score (nSPS) is 15.0. The van der Waals surface area contributed by atoms with E-state index in [2.05, 4.69) is 20.4 Å². The predicted molar refractivity (Wildman–Crippen MR) is 109 cm³/mol. The summed E-state index contributed by atoms with van der Waals surface area (Å²) in [5, 5.41) is 27.0. The average Bonchev–Trinajstić information content (AvgIpc) is 3.44. The van der Waals surface area contributed by atoms with Gasteiger partial charge in [-0.3, -0.25) is 9.08 Å². The van der Waals surface area contributed by atoms with E-state index in [1.54, 1.807) is 21.5 Å². The first-order chi connectivity index (χ1) is 15.0. The van der Waals surface area contributed by atoms with E-state index in [4.69, 9.17) is 4.74 Å². The van der Waals surface area contributed by atoms with Crippen molar-refractivity contribution in [2.24, 2.45) is 7.05 Å². The van der Waals surface area contributed by atoms with Crippen LogP contribution in [0.25, 0.3) is 16.9 Å². The lowest BCUT2D eigenvalue weighted by molar-refractivity contribution is 0.140. The topological polar surface area (TPSA) is 113 Å². The van der Waals surface area contributed by atoms with Crippen LogP contribution in [0.1, 0.15) is 28.6 Å². The molecule has 1 aliphatic rings. The fourth-order valence-corrected chi connectivity index (χ4v) is 3.91. The Morgan fingerprint density at radius 1 is 1.42 bits per heavy atom. The number of ether oxygens (including phenoxy) is 1. The van der Waals surface area contributed by atoms with Crippen molar-refractivity contribution in [1.29, 1.82) is 5.26 Å². The summed E-state index contributed by atoms with van der Waals surface area (Å²) in [6.45, 7) is 2.06. The highest BCUT2D eigenvalue weighted by Gasteiger charge is 2.27. The first kappa shape index (κ1) is 19.0. The van der Waals surface area contributed by atoms with Gasteiger partial charge in [0.15, 0.2) is 11.3 Å². The fourth-order valence-electron chi connectivity index (χ4n) is 3.91. The van der Waals surface area contributed by atoms with E-state index in [1.807, 2.05) is 26.1 Å². The zero-order valence-corrected chi connectivity index (χ0v) is 16.8. The summed E-state index contributed by atoms with van der Waals surface area (Å²) in [6.07, 6.45) is 2.33. The van der Waals surface area contributed by atoms with E-state index in [1.165, 1.54) is 12.1 Å². The van der Waals surface area contributed by atoms with Crippen LogP contribution in [-0.4, -0.2) is 35.9 Å². The summed E-state index contributed by atoms with van der Waals surface area (Å²) < 4.78 is 23.3. The Balaban J connectivity index is 1.56. The second-order valence-corrected chi connectivity index (χ2v) is 7.34. The molecular formula is C21H18FN7O2. The van der Waals surface area contributed by atoms with Gasteiger partial charge in [-0.1, -0.05) is 0 Å². The largest absolute Gasteiger partial charge is 0.490 e. The minimum atomic E-state index is -0.885. The third-order valence-corrected chi connectivity index (χ3v) is 5.30. The quantitative estimate of drug-likeness (QED) is 0.522. The van der Waals surface area contributed by atoms with Crippen molar-refractivity contribution < 1.29 is 14.2 Å². The van der Waals surface area contributed by atoms with Crippen LogP contribution in [0.4, 0.5) is 10.3 Å². The van der Waals surface area contributed by atoms with E-state index in [0.29, 0.717) is 34.0 Å². The molecule has 0 aliphatic carbocycles. The second kappa shape index (κ2) is 7.07. The molecule has 10 heteroatoms. The van der Waals surface area contributed by atoms with Crippen molar-refractivity contribution in [2.75, 3.05) is 11.9 Å². The van der Waals surface area contributed by atoms with Gasteiger partial charge in [0.2, 0.25) is 5.95 Å². The van der Waals surface area contributed by atoms with Gasteiger partial charge < -0.3 is 15.2 Å². The first-order valence-corrected chi connectivity index (χ1v) is 9.61. The number of aryl methyl sites for hydroxylation is 2. The molecule has 1 unspecified atom stereocenters. The van der Waals surface area contributed by atoms with Crippen molar-refractivity contribution in [3.05, 3.63) is 58.9 Å². The molecule has 0 bridgehead atoms. The maximum absolute atomic E-state index is 14.5. The Bertz CT molecular complexity index is 1370. The summed E-state index contributed by atoms with van der Waals surface area (Å²) in [4.78, 5) is 8.89. The number of nitrogens with one attached hydrogen (secondary N) is 1. The Morgan fingerprint density at radius 2 is 2.26 bits per heavy atom. The molecule has 0 saturated carbocycles. The second-order valence-electron chi connectivity index (χ2n) is 7.34. The van der Waals surface area contributed by atoms with E-state index in [0.717, 1.165) is 11.4 Å². The number of aliphatic hydroxyl groups is 1. The number of benzene rings is 1. The van der Waals surface area contributed by atoms with Crippen molar-refractivity contribution in [3.8, 4) is 23.1 Å². The molecule has 9 nitrogen and oxygen atoms in total. The number of rotatable bonds is 4. The number of nitriles is 1. The molecule has 0 fully saturated rings. The van der Waals surface area contributed by atoms with E-state index >= 15 is 0 Å². The highest BCUT2D eigenvalue weighted by Crippen LogP contribution is 2.36. The molecule has 3 aromatic heterocycles. The van der Waals surface area contributed by atoms with Gasteiger partial charge in [0, 0.05) is 30.9 Å². The van der Waals surface area contributed by atoms with Crippen molar-refractivity contribution in [1.82, 2.24) is 24.1 Å². The van der Waals surface area contributed by atoms with E-state index in [9.17, 15) is 14.8 Å². The minimum Gasteiger partial charge on any atom is -0.490 e. The number of fused-ring (bicyclic) bond motifs is 2. The molecule has 4 aromatic rings. The third-order valence-electron chi connectivity index (χ3n) is 5.30. The van der Waals surface area contributed by atoms with Crippen LogP contribution >= 0.6 is 0 Å². The number of aliphatic hydroxyl groups excluding tert-OH is 1. The number of nitrogens with zero attached hydrogens (tertiary/aromatic N) is 6. The summed E-state index contributed by atoms with van der Waals surface area (Å²) in [5.41, 5.74) is 3.87. The molecule has 31 heavy (non-hydrogen) atoms. The molecule has 156 valence electrons. The van der Waals surface area contributed by atoms with Gasteiger partial charge >= 0.3 is 0 Å². The minimum absolute atomic E-state index is 0.0712. The highest BCUT2D eigenvalue weighted by atomic mass is 19.1. The maximum atomic E-state index is 14.5. The van der Waals surface area contributed by atoms with E-state index < -0.39 is 11.9 Å². The molecule has 0 saturated heterocycles. The van der Waals surface area contributed by atoms with Crippen molar-refractivity contribution >= 4 is 11.6 Å². The van der Waals surface area contributed by atoms with Crippen LogP contribution in [0.3, 0.4) is 0 Å². The molecule has 2 N–H and O–H groups in total. The zero-order chi connectivity index (χ0) is 21.7. The molecule has 0 radical (unpaired) electrons. The lowest BCUT2D eigenvalue weighted by atomic mass is 10.0. The van der Waals surface area contributed by atoms with Crippen LogP contribution < -0.4 is 10.1 Å². The monoisotopic (exact) mass is 419 g/mol. The van der Waals surface area contributed by atoms with Gasteiger partial charge in [-0.15, -0.1) is 0 Å². The van der Waals surface area contributed by atoms with Gasteiger partial charge in [0.1, 0.15) is 30.3 Å². The number of hydrogen-bond donors (Lipinski definition) is 2. The van der Waals surface area contributed by atoms with Crippen LogP contribution in [0.2, 0.25) is 0 Å². The van der Waals surface area contributed by atoms with Gasteiger partial charge in [-0.2, -0.15) is 10.4 Å². The van der Waals surface area contributed by atoms with Crippen molar-refractivity contribution in [2.45, 2.75) is 19.6 Å². The van der Waals surface area contributed by atoms with Gasteiger partial charge in [0.25, 0.3) is 0 Å². The fraction of sp³-hybridized carbons (Fsp3) is 0.238. The Morgan fingerprint density at radius 3 is 3.00 bits per heavy atom. The predicted octanol–water partition coefficient (Wildman–Crippen LogP) is 2.49. The lowest BCUT2D eigenvalue weighted by Gasteiger charge is -2.14. The highest BCUT2D eigenvalue weighted by molar-refractivity contribution is 5.76. The average molecular weight is 419 g/mol. The first-order valence-electron chi connectivity index (χ1n) is 9.61. The molecular weight excluding hydrogens is 401 g/mol. The van der Waals surface area contributed by atoms with E-state index in [-0.39, 0.29) is 18.8 Å². The van der Waals surface area contributed by atoms with Crippen LogP contribution in [-0.2, 0) is 13.6 Å². The number of halogens is 1. The summed E-state index contributed by atoms with van der Waals surface area (Å²) in [7, 11) is 1.82. The van der Waals surface area contributed by atoms with Crippen LogP contribution in [0.15, 0.2) is 30.6 Å². The molecule has 1 aromatic carbocycles. The third kappa shape index (κ3) is 3.06. The SMILES string of the molecule is Cc1cc(-c2cnc(NCc3c(F)ccc4c3C(O)CO4)n3cc(C#N)nc23)n(C)n1. The smallest absolute Gasteiger partial charge is 0.208 e. The lowest BCUT2D eigenvalue weighted by Crippen LogP contribution is -2.11. The van der Waals surface area contributed by atoms with Gasteiger partial charge in [-0.05, 0) is 25.1 Å². The number of hydrogen-bond acceptors (Lipinski definition) is 7. The molecule has 5 rings (SSSR count). The van der Waals surface area contributed by atoms with Crippen LogP contribution in [0, 0.1) is 24.1 Å². The zero-order valence-electron chi connectivity index (χ0n) is 16.8. The van der Waals surface area contributed by atoms with Gasteiger partial charge in [0.05, 0.1) is 23.1 Å². The molecule has 1 atom stereocenters. The number of aromatic nitrogens is 5. The maximum Gasteiger partial charge on any atom is 0.208 e. The molecule has 0 spiro atoms. The summed E-state index contributed by atoms with van der Waals surface area (Å²) in [5.74, 6) is 0.412. The summed E-state index contributed by atoms with van der Waals surface area (Å²) >= 11 is 0. The van der Waals surface area contributed by atoms with Crippen LogP contribution in [0.5, 0.6) is 5.75 Å². The number of imidazole rings is 1. The Labute approximate surface area is 176 Å². The van der Waals surface area contributed by atoms with Crippen molar-refractivity contribution in [3.63, 3.8) is 0 Å². The summed E-state index contributed by atoms with van der Waals surface area (Å²) in [6, 6.07) is 6.79. The van der Waals surface area contributed by atoms with Gasteiger partial charge in [-0.25, -0.2) is 14.4 Å². The Kier molecular flexibility index (Phi) is 4.34. The molecule has 1 aliphatic heterocycles. The standard InChI is InChI=1S/C21H18FN7O2/c1-11-5-16(28(2)27-11)14-8-25-21(29-9-12(6-23)26-20(14)29)24-7-13-15(22)3-4-18-19(13)17(30)10-31-18/h3-5,8-9,17,30H,7,10H2,1-2H3,(H,24,25). The molecule has 0 amide bonds. The Hall–Kier alpha value is -3.97.